The Labute approximate surface area is 367 Å². The maximum Gasteiger partial charge on any atom is 0.0972 e. The van der Waals surface area contributed by atoms with Crippen LogP contribution in [-0.4, -0.2) is 9.97 Å². The fourth-order valence-corrected chi connectivity index (χ4v) is 7.47. The van der Waals surface area contributed by atoms with E-state index in [1.54, 1.807) is 0 Å². The predicted molar refractivity (Wildman–Crippen MR) is 234 cm³/mol. The topological polar surface area (TPSA) is 25.8 Å². The molecule has 0 aliphatic heterocycles. The normalized spacial score (nSPS) is 19.1. The summed E-state index contributed by atoms with van der Waals surface area (Å²) >= 11 is 0.460. The van der Waals surface area contributed by atoms with Crippen LogP contribution in [-0.2, 0) is 6.42 Å². The highest BCUT2D eigenvalue weighted by Gasteiger charge is 2.24. The molecular formula is C52H36N2S. The number of thiophene rings is 1. The number of nitrogens with zero attached hydrogens (tertiary/aromatic N) is 2. The Morgan fingerprint density at radius 1 is 0.491 bits per heavy atom. The number of aromatic nitrogens is 2. The molecule has 2 nitrogen and oxygen atoms in total. The summed E-state index contributed by atoms with van der Waals surface area (Å²) in [6.07, 6.45) is -1.06. The molecule has 0 fully saturated rings. The van der Waals surface area contributed by atoms with Gasteiger partial charge in [0.1, 0.15) is 0 Å². The van der Waals surface area contributed by atoms with Crippen LogP contribution in [0.25, 0.3) is 98.1 Å². The van der Waals surface area contributed by atoms with Gasteiger partial charge in [0, 0.05) is 43.4 Å². The van der Waals surface area contributed by atoms with E-state index >= 15 is 0 Å². The minimum atomic E-state index is -0.946. The van der Waals surface area contributed by atoms with Crippen molar-refractivity contribution in [3.05, 3.63) is 193 Å². The minimum absolute atomic E-state index is 0.220. The highest BCUT2D eigenvalue weighted by molar-refractivity contribution is 7.20. The number of hydrogen-bond acceptors (Lipinski definition) is 3. The van der Waals surface area contributed by atoms with E-state index in [4.69, 9.17) is 26.0 Å². The Balaban J connectivity index is 1.39. The third-order valence-electron chi connectivity index (χ3n) is 8.62. The lowest BCUT2D eigenvalue weighted by Gasteiger charge is -2.16. The molecule has 0 unspecified atom stereocenters. The second kappa shape index (κ2) is 13.9. The van der Waals surface area contributed by atoms with Crippen molar-refractivity contribution in [2.24, 2.45) is 0 Å². The lowest BCUT2D eigenvalue weighted by atomic mass is 9.88. The maximum atomic E-state index is 10.1. The Morgan fingerprint density at radius 2 is 1.05 bits per heavy atom. The molecule has 0 saturated carbocycles. The summed E-state index contributed by atoms with van der Waals surface area (Å²) in [4.78, 5) is 7.71. The van der Waals surface area contributed by atoms with Gasteiger partial charge >= 0.3 is 0 Å². The van der Waals surface area contributed by atoms with Gasteiger partial charge in [0.05, 0.1) is 57.9 Å². The summed E-state index contributed by atoms with van der Waals surface area (Å²) < 4.78 is 269. The van der Waals surface area contributed by atoms with Gasteiger partial charge in [-0.25, -0.2) is 4.98 Å². The molecule has 7 aromatic carbocycles. The summed E-state index contributed by atoms with van der Waals surface area (Å²) in [5.74, 6) is 0. The first kappa shape index (κ1) is 14.2. The zero-order valence-electron chi connectivity index (χ0n) is 58.1. The molecule has 0 radical (unpaired) electrons. The highest BCUT2D eigenvalue weighted by Crippen LogP contribution is 2.52. The molecular weight excluding hydrogens is 685 g/mol. The van der Waals surface area contributed by atoms with E-state index in [-0.39, 0.29) is 22.4 Å². The zero-order valence-corrected chi connectivity index (χ0v) is 28.9. The number of benzene rings is 7. The first-order valence-electron chi connectivity index (χ1n) is 31.4. The number of fused-ring (bicyclic) bond motifs is 4. The van der Waals surface area contributed by atoms with Gasteiger partial charge in [0.2, 0.25) is 0 Å². The Bertz CT molecular complexity index is 4680. The lowest BCUT2D eigenvalue weighted by molar-refractivity contribution is 1.14. The monoisotopic (exact) mass is 750 g/mol. The Hall–Kier alpha value is -6.68. The smallest absolute Gasteiger partial charge is 0.0972 e. The minimum Gasteiger partial charge on any atom is -0.254 e. The van der Waals surface area contributed by atoms with Gasteiger partial charge in [-0.2, -0.15) is 0 Å². The van der Waals surface area contributed by atoms with Crippen molar-refractivity contribution in [2.75, 3.05) is 0 Å². The van der Waals surface area contributed by atoms with Crippen molar-refractivity contribution in [2.45, 2.75) is 13.3 Å². The van der Waals surface area contributed by atoms with Crippen LogP contribution < -0.4 is 0 Å². The van der Waals surface area contributed by atoms with Crippen molar-refractivity contribution >= 4 is 43.9 Å². The van der Waals surface area contributed by atoms with E-state index in [0.717, 1.165) is 6.07 Å². The summed E-state index contributed by atoms with van der Waals surface area (Å²) in [5.41, 5.74) is -7.02. The molecule has 0 aliphatic carbocycles. The van der Waals surface area contributed by atoms with Gasteiger partial charge in [-0.15, -0.1) is 11.3 Å². The fraction of sp³-hybridized carbons (Fsp3) is 0.0385. The number of pyridine rings is 2. The second-order valence-electron chi connectivity index (χ2n) is 11.7. The van der Waals surface area contributed by atoms with Crippen molar-refractivity contribution in [3.8, 4) is 65.5 Å². The third kappa shape index (κ3) is 5.81. The van der Waals surface area contributed by atoms with Crippen LogP contribution in [0.3, 0.4) is 0 Å². The van der Waals surface area contributed by atoms with Crippen molar-refractivity contribution in [1.29, 1.82) is 0 Å². The van der Waals surface area contributed by atoms with Gasteiger partial charge in [0.25, 0.3) is 0 Å². The van der Waals surface area contributed by atoms with E-state index < -0.39 is 269 Å². The molecule has 0 bridgehead atoms. The molecule has 3 heteroatoms. The SMILES string of the molecule is [2H]c1cc(-c2sc(-c3c([2H])c([2H])c([2H])c([2H])c3[2H])c(-c3c([2H])c([2H])c([2H])c([2H])c3[2H])c2-c2c([2H])c([2H])c([2H])c([2H])c2[2H])c([2H])c(CC)c1-c1c([2H])c([2H])c(-c2nc3c(c([2H])c2[2H])c([2H])c([2H])c2c([2H])c([2H])c([2H])nc23)c2c([2H])c([2H])c([2H])c([2H])c12. The number of hydrogen-bond donors (Lipinski definition) is 0. The first-order chi connectivity index (χ1) is 39.7. The van der Waals surface area contributed by atoms with Gasteiger partial charge in [-0.1, -0.05) is 170 Å². The van der Waals surface area contributed by atoms with Crippen LogP contribution in [0.5, 0.6) is 0 Å². The molecule has 3 aromatic heterocycles. The maximum absolute atomic E-state index is 10.1. The predicted octanol–water partition coefficient (Wildman–Crippen LogP) is 14.6. The van der Waals surface area contributed by atoms with E-state index in [2.05, 4.69) is 9.97 Å². The third-order valence-corrected chi connectivity index (χ3v) is 9.86. The quantitative estimate of drug-likeness (QED) is 0.152. The molecule has 260 valence electrons. The van der Waals surface area contributed by atoms with Crippen LogP contribution >= 0.6 is 11.3 Å². The molecule has 55 heavy (non-hydrogen) atoms. The van der Waals surface area contributed by atoms with E-state index in [9.17, 15) is 15.1 Å². The van der Waals surface area contributed by atoms with Gasteiger partial charge < -0.3 is 0 Å². The Kier molecular flexibility index (Phi) is 3.60. The molecule has 0 amide bonds. The molecule has 0 N–H and O–H groups in total. The van der Waals surface area contributed by atoms with Gasteiger partial charge in [-0.05, 0) is 74.3 Å². The van der Waals surface area contributed by atoms with Crippen LogP contribution in [0.4, 0.5) is 0 Å². The van der Waals surface area contributed by atoms with Crippen molar-refractivity contribution in [1.82, 2.24) is 9.97 Å². The summed E-state index contributed by atoms with van der Waals surface area (Å²) in [6.45, 7) is 1.48. The van der Waals surface area contributed by atoms with E-state index in [0.29, 0.717) is 11.3 Å². The number of rotatable bonds is 7. The van der Waals surface area contributed by atoms with Gasteiger partial charge in [-0.3, -0.25) is 4.98 Å². The summed E-state index contributed by atoms with van der Waals surface area (Å²) in [7, 11) is 0. The lowest BCUT2D eigenvalue weighted by Crippen LogP contribution is -1.93. The largest absolute Gasteiger partial charge is 0.254 e. The average molecular weight is 751 g/mol. The van der Waals surface area contributed by atoms with Crippen LogP contribution in [0, 0.1) is 0 Å². The molecule has 0 spiro atoms. The molecule has 3 heterocycles. The standard InChI is InChI=1S/C52H36N2S/c1-2-34-33-40(52-48(36-17-8-4-9-18-36)47(35-15-6-3-7-16-35)51(55-52)39-19-10-5-11-20-39)26-28-41(34)44-29-30-45(43-23-13-12-22-42(43)44)46-31-27-38-25-24-37-21-14-32-53-49(37)50(38)54-46/h3-33H,2H2,1H3/i3D,4D,5D,6D,7D,8D,9D,10D,11D,12D,13D,14D,15D,16D,17D,18D,19D,20D,21D,22D,23D,24D,25D,27D,28D,29D,30D,31D,32D,33D. The van der Waals surface area contributed by atoms with Gasteiger partial charge in [0.15, 0.2) is 0 Å². The highest BCUT2D eigenvalue weighted by atomic mass is 32.1. The molecule has 0 aliphatic rings. The van der Waals surface area contributed by atoms with Crippen molar-refractivity contribution in [3.63, 3.8) is 0 Å². The zero-order chi connectivity index (χ0) is 62.8. The fourth-order valence-electron chi connectivity index (χ4n) is 6.23. The molecule has 0 atom stereocenters. The van der Waals surface area contributed by atoms with Crippen LogP contribution in [0.2, 0.25) is 0 Å². The second-order valence-corrected chi connectivity index (χ2v) is 12.7. The average Bonchev–Trinajstić information content (AvgIpc) is 1.67. The van der Waals surface area contributed by atoms with Crippen molar-refractivity contribution < 1.29 is 41.1 Å². The Morgan fingerprint density at radius 3 is 1.73 bits per heavy atom. The first-order valence-corrected chi connectivity index (χ1v) is 17.3. The molecule has 10 aromatic rings. The summed E-state index contributed by atoms with van der Waals surface area (Å²) in [5, 5.41) is -2.05. The van der Waals surface area contributed by atoms with E-state index in [1.807, 2.05) is 0 Å². The summed E-state index contributed by atoms with van der Waals surface area (Å²) in [6, 6.07) is -23.9. The molecule has 10 rings (SSSR count). The molecule has 0 saturated heterocycles. The van der Waals surface area contributed by atoms with E-state index in [1.165, 1.54) is 6.92 Å². The van der Waals surface area contributed by atoms with Crippen LogP contribution in [0.15, 0.2) is 187 Å². The van der Waals surface area contributed by atoms with Crippen LogP contribution in [0.1, 0.15) is 53.6 Å².